The Morgan fingerprint density at radius 1 is 0.600 bits per heavy atom. The molecule has 196 valence electrons. The normalized spacial score (nSPS) is 11.7. The first-order valence-corrected chi connectivity index (χ1v) is 14.4. The van der Waals surface area contributed by atoms with E-state index in [1.807, 2.05) is 6.08 Å². The molecule has 0 fully saturated rings. The molecular weight excluding hydrogens is 446 g/mol. The third-order valence-electron chi connectivity index (χ3n) is 7.15. The fourth-order valence-electron chi connectivity index (χ4n) is 4.92. The number of halogens is 1. The van der Waals surface area contributed by atoms with Gasteiger partial charge in [0.1, 0.15) is 12.2 Å². The summed E-state index contributed by atoms with van der Waals surface area (Å²) in [6, 6.07) is 19.9. The number of benzene rings is 2. The van der Waals surface area contributed by atoms with Crippen LogP contribution in [0.25, 0.3) is 6.08 Å². The van der Waals surface area contributed by atoms with Gasteiger partial charge in [-0.1, -0.05) is 140 Å². The predicted molar refractivity (Wildman–Crippen MR) is 152 cm³/mol. The summed E-state index contributed by atoms with van der Waals surface area (Å²) in [7, 11) is 0. The van der Waals surface area contributed by atoms with Crippen LogP contribution in [0, 0.1) is 0 Å². The van der Waals surface area contributed by atoms with Crippen molar-refractivity contribution >= 4 is 11.8 Å². The Balaban J connectivity index is 0.00000612. The second-order valence-electron chi connectivity index (χ2n) is 10.1. The minimum Gasteiger partial charge on any atom is -1.00 e. The van der Waals surface area contributed by atoms with E-state index in [1.165, 1.54) is 126 Å². The molecule has 35 heavy (non-hydrogen) atoms. The van der Waals surface area contributed by atoms with Crippen molar-refractivity contribution in [2.75, 3.05) is 6.54 Å². The molecule has 1 atom stereocenters. The molecule has 0 spiro atoms. The fraction of sp³-hybridized carbons (Fsp3) is 0.576. The molecule has 0 aromatic heterocycles. The lowest BCUT2D eigenvalue weighted by atomic mass is 10.0. The van der Waals surface area contributed by atoms with Gasteiger partial charge in [-0.3, -0.25) is 4.90 Å². The van der Waals surface area contributed by atoms with Crippen molar-refractivity contribution in [3.05, 3.63) is 72.3 Å². The highest BCUT2D eigenvalue weighted by Gasteiger charge is 2.12. The van der Waals surface area contributed by atoms with E-state index >= 15 is 0 Å². The summed E-state index contributed by atoms with van der Waals surface area (Å²) in [6.45, 7) is 8.46. The summed E-state index contributed by atoms with van der Waals surface area (Å²) in [5.74, 6) is 0. The second kappa shape index (κ2) is 21.7. The lowest BCUT2D eigenvalue weighted by molar-refractivity contribution is -0.847. The minimum atomic E-state index is 0. The van der Waals surface area contributed by atoms with Crippen LogP contribution in [0.2, 0.25) is 0 Å². The number of hydrogen-bond donors (Lipinski definition) is 1. The van der Waals surface area contributed by atoms with Crippen molar-refractivity contribution in [3.63, 3.8) is 0 Å². The van der Waals surface area contributed by atoms with Crippen LogP contribution in [0.15, 0.2) is 61.2 Å². The Bertz CT molecular complexity index is 725. The molecule has 2 heteroatoms. The molecule has 0 aliphatic heterocycles. The molecule has 0 bridgehead atoms. The lowest BCUT2D eigenvalue weighted by Crippen LogP contribution is -3.05. The van der Waals surface area contributed by atoms with Crippen LogP contribution in [0.3, 0.4) is 0 Å². The van der Waals surface area contributed by atoms with Crippen molar-refractivity contribution in [3.8, 4) is 0 Å². The van der Waals surface area contributed by atoms with Crippen molar-refractivity contribution in [2.45, 2.75) is 116 Å². The van der Waals surface area contributed by atoms with E-state index in [-0.39, 0.29) is 12.4 Å². The molecule has 1 nitrogen and oxygen atoms in total. The summed E-state index contributed by atoms with van der Waals surface area (Å²) < 4.78 is 0. The Hall–Kier alpha value is -1.57. The first-order valence-electron chi connectivity index (χ1n) is 14.4. The molecule has 0 amide bonds. The Morgan fingerprint density at radius 2 is 1.06 bits per heavy atom. The van der Waals surface area contributed by atoms with Gasteiger partial charge in [-0.25, -0.2) is 0 Å². The number of hydrogen-bond acceptors (Lipinski definition) is 0. The van der Waals surface area contributed by atoms with E-state index in [2.05, 4.69) is 68.1 Å². The summed E-state index contributed by atoms with van der Waals surface area (Å²) in [5.41, 5.74) is 4.02. The van der Waals surface area contributed by atoms with E-state index in [9.17, 15) is 0 Å². The second-order valence-corrected chi connectivity index (χ2v) is 10.1. The first kappa shape index (κ1) is 31.5. The van der Waals surface area contributed by atoms with E-state index in [0.29, 0.717) is 0 Å². The maximum absolute atomic E-state index is 3.89. The van der Waals surface area contributed by atoms with Gasteiger partial charge in [0, 0.05) is 5.56 Å². The highest BCUT2D eigenvalue weighted by molar-refractivity contribution is 5.49. The highest BCUT2D eigenvalue weighted by Crippen LogP contribution is 2.14. The molecule has 0 saturated heterocycles. The molecule has 2 aromatic carbocycles. The summed E-state index contributed by atoms with van der Waals surface area (Å²) in [6.07, 6.45) is 24.7. The predicted octanol–water partition coefficient (Wildman–Crippen LogP) is 6.31. The molecular formula is C33H52ClN. The van der Waals surface area contributed by atoms with E-state index in [0.717, 1.165) is 6.54 Å². The number of quaternary nitrogens is 1. The van der Waals surface area contributed by atoms with E-state index in [1.54, 1.807) is 4.90 Å². The highest BCUT2D eigenvalue weighted by atomic mass is 35.5. The van der Waals surface area contributed by atoms with Crippen LogP contribution in [-0.4, -0.2) is 6.54 Å². The zero-order chi connectivity index (χ0) is 24.1. The summed E-state index contributed by atoms with van der Waals surface area (Å²) in [4.78, 5) is 1.58. The summed E-state index contributed by atoms with van der Waals surface area (Å²) in [5, 5.41) is 0. The largest absolute Gasteiger partial charge is 1.00 e. The topological polar surface area (TPSA) is 4.44 Å². The summed E-state index contributed by atoms with van der Waals surface area (Å²) >= 11 is 0. The third-order valence-corrected chi connectivity index (χ3v) is 7.15. The Kier molecular flexibility index (Phi) is 19.5. The molecule has 0 heterocycles. The van der Waals surface area contributed by atoms with Crippen molar-refractivity contribution in [1.82, 2.24) is 0 Å². The Morgan fingerprint density at radius 3 is 1.51 bits per heavy atom. The smallest absolute Gasteiger partial charge is 0.131 e. The van der Waals surface area contributed by atoms with Gasteiger partial charge in [0.05, 0.1) is 6.54 Å². The lowest BCUT2D eigenvalue weighted by Gasteiger charge is -2.19. The van der Waals surface area contributed by atoms with Crippen molar-refractivity contribution in [2.24, 2.45) is 0 Å². The van der Waals surface area contributed by atoms with E-state index < -0.39 is 0 Å². The van der Waals surface area contributed by atoms with Crippen LogP contribution in [-0.2, 0) is 6.54 Å². The van der Waals surface area contributed by atoms with Crippen LogP contribution in [0.5, 0.6) is 0 Å². The molecule has 1 unspecified atom stereocenters. The SMILES string of the molecule is C=Cc1ccc([NH+](CCCCCCCCCCCCCCCCCC)Cc2ccccc2)cc1.[Cl-]. The quantitative estimate of drug-likeness (QED) is 0.193. The van der Waals surface area contributed by atoms with Crippen LogP contribution >= 0.6 is 0 Å². The standard InChI is InChI=1S/C33H51N.ClH/c1-3-5-6-7-8-9-10-11-12-13-14-15-16-17-18-22-29-34(30-32-23-20-19-21-24-32)33-27-25-31(4-2)26-28-33;/h4,19-21,23-28H,2-3,5-18,22,29-30H2,1H3;1H. The molecule has 0 radical (unpaired) electrons. The molecule has 2 rings (SSSR count). The zero-order valence-electron chi connectivity index (χ0n) is 22.6. The van der Waals surface area contributed by atoms with Gasteiger partial charge in [0.15, 0.2) is 0 Å². The Labute approximate surface area is 223 Å². The molecule has 1 N–H and O–H groups in total. The van der Waals surface area contributed by atoms with E-state index in [4.69, 9.17) is 0 Å². The van der Waals surface area contributed by atoms with Crippen LogP contribution in [0.1, 0.15) is 121 Å². The van der Waals surface area contributed by atoms with Gasteiger partial charge in [0.25, 0.3) is 0 Å². The minimum absolute atomic E-state index is 0. The monoisotopic (exact) mass is 497 g/mol. The molecule has 2 aromatic rings. The molecule has 0 saturated carbocycles. The van der Waals surface area contributed by atoms with Gasteiger partial charge in [0.2, 0.25) is 0 Å². The van der Waals surface area contributed by atoms with Gasteiger partial charge < -0.3 is 12.4 Å². The first-order chi connectivity index (χ1) is 16.8. The van der Waals surface area contributed by atoms with Gasteiger partial charge in [-0.05, 0) is 42.7 Å². The average Bonchev–Trinajstić information content (AvgIpc) is 2.88. The third kappa shape index (κ3) is 15.2. The number of nitrogens with one attached hydrogen (secondary N) is 1. The zero-order valence-corrected chi connectivity index (χ0v) is 23.3. The maximum atomic E-state index is 3.89. The van der Waals surface area contributed by atoms with Crippen molar-refractivity contribution in [1.29, 1.82) is 0 Å². The van der Waals surface area contributed by atoms with Crippen LogP contribution < -0.4 is 17.3 Å². The molecule has 0 aliphatic carbocycles. The molecule has 0 aliphatic rings. The van der Waals surface area contributed by atoms with Crippen LogP contribution in [0.4, 0.5) is 5.69 Å². The van der Waals surface area contributed by atoms with Crippen molar-refractivity contribution < 1.29 is 17.3 Å². The number of rotatable bonds is 21. The number of unbranched alkanes of at least 4 members (excludes halogenated alkanes) is 15. The fourth-order valence-corrected chi connectivity index (χ4v) is 4.92. The van der Waals surface area contributed by atoms with Gasteiger partial charge in [-0.15, -0.1) is 0 Å². The maximum Gasteiger partial charge on any atom is 0.131 e. The van der Waals surface area contributed by atoms with Gasteiger partial charge >= 0.3 is 0 Å². The van der Waals surface area contributed by atoms with Gasteiger partial charge in [-0.2, -0.15) is 0 Å². The average molecular weight is 498 g/mol.